The summed E-state index contributed by atoms with van der Waals surface area (Å²) in [5.41, 5.74) is 0.989. The van der Waals surface area contributed by atoms with E-state index in [0.717, 1.165) is 38.2 Å². The molecule has 4 heteroatoms. The van der Waals surface area contributed by atoms with E-state index in [-0.39, 0.29) is 11.3 Å². The maximum Gasteiger partial charge on any atom is 0.267 e. The molecule has 1 aromatic heterocycles. The lowest BCUT2D eigenvalue weighted by molar-refractivity contribution is 0.0911. The first-order valence-corrected chi connectivity index (χ1v) is 7.18. The van der Waals surface area contributed by atoms with Crippen LogP contribution in [0.1, 0.15) is 50.1 Å². The van der Waals surface area contributed by atoms with Gasteiger partial charge in [-0.15, -0.1) is 0 Å². The molecule has 4 nitrogen and oxygen atoms in total. The zero-order valence-corrected chi connectivity index (χ0v) is 12.2. The molecule has 0 radical (unpaired) electrons. The van der Waals surface area contributed by atoms with Gasteiger partial charge in [0.2, 0.25) is 0 Å². The minimum Gasteiger partial charge on any atom is -0.350 e. The Labute approximate surface area is 115 Å². The molecular weight excluding hydrogens is 238 g/mol. The molecule has 0 unspecified atom stereocenters. The Morgan fingerprint density at radius 1 is 1.47 bits per heavy atom. The van der Waals surface area contributed by atoms with Crippen molar-refractivity contribution < 1.29 is 4.79 Å². The van der Waals surface area contributed by atoms with E-state index in [9.17, 15) is 4.79 Å². The van der Waals surface area contributed by atoms with Gasteiger partial charge >= 0.3 is 0 Å². The molecule has 0 aromatic carbocycles. The lowest BCUT2D eigenvalue weighted by atomic mass is 9.81. The number of nitrogens with one attached hydrogen (secondary N) is 2. The van der Waals surface area contributed by atoms with Crippen molar-refractivity contribution in [3.05, 3.63) is 24.0 Å². The Kier molecular flexibility index (Phi) is 4.30. The van der Waals surface area contributed by atoms with Crippen molar-refractivity contribution in [1.29, 1.82) is 0 Å². The summed E-state index contributed by atoms with van der Waals surface area (Å²) in [6.45, 7) is 9.30. The zero-order valence-electron chi connectivity index (χ0n) is 12.2. The first-order valence-electron chi connectivity index (χ1n) is 7.18. The van der Waals surface area contributed by atoms with E-state index in [4.69, 9.17) is 0 Å². The van der Waals surface area contributed by atoms with E-state index < -0.39 is 0 Å². The van der Waals surface area contributed by atoms with Crippen LogP contribution < -0.4 is 10.6 Å². The molecule has 106 valence electrons. The lowest BCUT2D eigenvalue weighted by Gasteiger charge is -2.34. The van der Waals surface area contributed by atoms with Gasteiger partial charge in [-0.2, -0.15) is 0 Å². The SMILES string of the molecule is CC(C)n1cccc1C(=O)NCC1(C)CCNCC1. The zero-order chi connectivity index (χ0) is 13.9. The number of hydrogen-bond donors (Lipinski definition) is 2. The van der Waals surface area contributed by atoms with Crippen molar-refractivity contribution in [2.24, 2.45) is 5.41 Å². The van der Waals surface area contributed by atoms with Crippen LogP contribution in [0.2, 0.25) is 0 Å². The maximum atomic E-state index is 12.3. The van der Waals surface area contributed by atoms with Gasteiger partial charge in [0.15, 0.2) is 0 Å². The summed E-state index contributed by atoms with van der Waals surface area (Å²) in [6, 6.07) is 4.13. The van der Waals surface area contributed by atoms with Crippen LogP contribution in [0, 0.1) is 5.41 Å². The van der Waals surface area contributed by atoms with Gasteiger partial charge in [-0.3, -0.25) is 4.79 Å². The summed E-state index contributed by atoms with van der Waals surface area (Å²) in [5.74, 6) is 0.0402. The normalized spacial score (nSPS) is 18.5. The Bertz CT molecular complexity index is 430. The van der Waals surface area contributed by atoms with E-state index in [1.54, 1.807) is 0 Å². The quantitative estimate of drug-likeness (QED) is 0.874. The highest BCUT2D eigenvalue weighted by molar-refractivity contribution is 5.92. The van der Waals surface area contributed by atoms with Gasteiger partial charge in [0.25, 0.3) is 5.91 Å². The molecule has 19 heavy (non-hydrogen) atoms. The number of aromatic nitrogens is 1. The van der Waals surface area contributed by atoms with Gasteiger partial charge < -0.3 is 15.2 Å². The van der Waals surface area contributed by atoms with Gasteiger partial charge in [-0.1, -0.05) is 6.92 Å². The molecule has 1 saturated heterocycles. The Balaban J connectivity index is 1.95. The largest absolute Gasteiger partial charge is 0.350 e. The maximum absolute atomic E-state index is 12.3. The number of hydrogen-bond acceptors (Lipinski definition) is 2. The molecular formula is C15H25N3O. The molecule has 2 rings (SSSR count). The standard InChI is InChI=1S/C15H25N3O/c1-12(2)18-10-4-5-13(18)14(19)17-11-15(3)6-8-16-9-7-15/h4-5,10,12,16H,6-9,11H2,1-3H3,(H,17,19). The highest BCUT2D eigenvalue weighted by Gasteiger charge is 2.27. The van der Waals surface area contributed by atoms with Gasteiger partial charge in [0.05, 0.1) is 0 Å². The summed E-state index contributed by atoms with van der Waals surface area (Å²) >= 11 is 0. The molecule has 1 aliphatic rings. The predicted molar refractivity (Wildman–Crippen MR) is 77.4 cm³/mol. The number of carbonyl (C=O) groups excluding carboxylic acids is 1. The van der Waals surface area contributed by atoms with Crippen LogP contribution in [-0.2, 0) is 0 Å². The fourth-order valence-electron chi connectivity index (χ4n) is 2.63. The second kappa shape index (κ2) is 5.78. The Hall–Kier alpha value is -1.29. The van der Waals surface area contributed by atoms with Crippen LogP contribution in [0.5, 0.6) is 0 Å². The molecule has 0 saturated carbocycles. The van der Waals surface area contributed by atoms with Crippen molar-refractivity contribution in [1.82, 2.24) is 15.2 Å². The van der Waals surface area contributed by atoms with Crippen LogP contribution in [-0.4, -0.2) is 30.1 Å². The molecule has 0 bridgehead atoms. The van der Waals surface area contributed by atoms with E-state index in [1.165, 1.54) is 0 Å². The molecule has 2 heterocycles. The first-order chi connectivity index (χ1) is 9.02. The fraction of sp³-hybridized carbons (Fsp3) is 0.667. The van der Waals surface area contributed by atoms with E-state index in [0.29, 0.717) is 6.04 Å². The van der Waals surface area contributed by atoms with E-state index >= 15 is 0 Å². The van der Waals surface area contributed by atoms with Gasteiger partial charge in [0, 0.05) is 18.8 Å². The summed E-state index contributed by atoms with van der Waals surface area (Å²) in [6.07, 6.45) is 4.21. The van der Waals surface area contributed by atoms with Crippen LogP contribution in [0.25, 0.3) is 0 Å². The van der Waals surface area contributed by atoms with Crippen molar-refractivity contribution in [3.8, 4) is 0 Å². The van der Waals surface area contributed by atoms with Crippen LogP contribution >= 0.6 is 0 Å². The molecule has 2 N–H and O–H groups in total. The number of amides is 1. The second-order valence-corrected chi connectivity index (χ2v) is 6.14. The van der Waals surface area contributed by atoms with Crippen molar-refractivity contribution in [2.45, 2.75) is 39.7 Å². The first kappa shape index (κ1) is 14.1. The summed E-state index contributed by atoms with van der Waals surface area (Å²) in [7, 11) is 0. The topological polar surface area (TPSA) is 46.1 Å². The highest BCUT2D eigenvalue weighted by atomic mass is 16.1. The molecule has 0 aliphatic carbocycles. The van der Waals surface area contributed by atoms with Gasteiger partial charge in [-0.25, -0.2) is 0 Å². The average Bonchev–Trinajstić information content (AvgIpc) is 2.86. The number of nitrogens with zero attached hydrogens (tertiary/aromatic N) is 1. The minimum atomic E-state index is 0.0402. The fourth-order valence-corrected chi connectivity index (χ4v) is 2.63. The monoisotopic (exact) mass is 263 g/mol. The van der Waals surface area contributed by atoms with Gasteiger partial charge in [-0.05, 0) is 57.3 Å². The van der Waals surface area contributed by atoms with Crippen molar-refractivity contribution in [2.75, 3.05) is 19.6 Å². The molecule has 0 atom stereocenters. The van der Waals surface area contributed by atoms with Crippen molar-refractivity contribution >= 4 is 5.91 Å². The number of carbonyl (C=O) groups is 1. The Morgan fingerprint density at radius 3 is 2.79 bits per heavy atom. The third-order valence-electron chi connectivity index (χ3n) is 4.05. The lowest BCUT2D eigenvalue weighted by Crippen LogP contribution is -2.43. The minimum absolute atomic E-state index is 0.0402. The van der Waals surface area contributed by atoms with E-state index in [1.807, 2.05) is 22.9 Å². The molecule has 0 spiro atoms. The molecule has 1 fully saturated rings. The highest BCUT2D eigenvalue weighted by Crippen LogP contribution is 2.26. The third-order valence-corrected chi connectivity index (χ3v) is 4.05. The van der Waals surface area contributed by atoms with Crippen LogP contribution in [0.3, 0.4) is 0 Å². The van der Waals surface area contributed by atoms with Crippen LogP contribution in [0.15, 0.2) is 18.3 Å². The summed E-state index contributed by atoms with van der Waals surface area (Å²) in [5, 5.41) is 6.47. The smallest absolute Gasteiger partial charge is 0.267 e. The van der Waals surface area contributed by atoms with E-state index in [2.05, 4.69) is 31.4 Å². The molecule has 1 aromatic rings. The number of piperidine rings is 1. The van der Waals surface area contributed by atoms with Crippen molar-refractivity contribution in [3.63, 3.8) is 0 Å². The predicted octanol–water partition coefficient (Wildman–Crippen LogP) is 2.19. The molecule has 1 aliphatic heterocycles. The summed E-state index contributed by atoms with van der Waals surface area (Å²) in [4.78, 5) is 12.3. The van der Waals surface area contributed by atoms with Gasteiger partial charge in [0.1, 0.15) is 5.69 Å². The molecule has 1 amide bonds. The number of rotatable bonds is 4. The second-order valence-electron chi connectivity index (χ2n) is 6.14. The summed E-state index contributed by atoms with van der Waals surface area (Å²) < 4.78 is 2.01. The van der Waals surface area contributed by atoms with Crippen LogP contribution in [0.4, 0.5) is 0 Å². The third kappa shape index (κ3) is 3.38. The average molecular weight is 263 g/mol. The Morgan fingerprint density at radius 2 is 2.16 bits per heavy atom.